The van der Waals surface area contributed by atoms with Gasteiger partial charge in [-0.2, -0.15) is 0 Å². The monoisotopic (exact) mass is 332 g/mol. The van der Waals surface area contributed by atoms with Gasteiger partial charge in [-0.05, 0) is 42.2 Å². The van der Waals surface area contributed by atoms with Gasteiger partial charge in [-0.1, -0.05) is 67.1 Å². The standard InChI is InChI=1S/C23H24O2/c1-3-9-17(10-4-1)21-19-13-7-14-20(19)22(18-11-5-2-6-12-18)23(21)24-15-8-16-25-23/h1-6,9-12,19-20H,7-8,13-16H2. The van der Waals surface area contributed by atoms with Crippen LogP contribution < -0.4 is 0 Å². The van der Waals surface area contributed by atoms with Gasteiger partial charge in [0.25, 0.3) is 0 Å². The first kappa shape index (κ1) is 15.6. The largest absolute Gasteiger partial charge is 0.348 e. The van der Waals surface area contributed by atoms with Crippen LogP contribution in [0.3, 0.4) is 0 Å². The van der Waals surface area contributed by atoms with Crippen LogP contribution in [0.5, 0.6) is 0 Å². The minimum atomic E-state index is -0.656. The molecule has 25 heavy (non-hydrogen) atoms. The molecule has 0 aromatic heterocycles. The Bertz CT molecular complexity index is 650. The zero-order chi connectivity index (χ0) is 16.7. The Labute approximate surface area is 150 Å². The van der Waals surface area contributed by atoms with Crippen LogP contribution in [0.25, 0.3) is 0 Å². The molecule has 2 radical (unpaired) electrons. The Morgan fingerprint density at radius 1 is 0.640 bits per heavy atom. The van der Waals surface area contributed by atoms with E-state index in [9.17, 15) is 0 Å². The molecule has 5 rings (SSSR count). The van der Waals surface area contributed by atoms with Crippen molar-refractivity contribution in [2.45, 2.75) is 31.5 Å². The van der Waals surface area contributed by atoms with E-state index in [-0.39, 0.29) is 0 Å². The number of fused-ring (bicyclic) bond motifs is 1. The van der Waals surface area contributed by atoms with Crippen LogP contribution >= 0.6 is 0 Å². The lowest BCUT2D eigenvalue weighted by Crippen LogP contribution is -2.49. The first-order chi connectivity index (χ1) is 12.4. The summed E-state index contributed by atoms with van der Waals surface area (Å²) >= 11 is 0. The summed E-state index contributed by atoms with van der Waals surface area (Å²) in [5.74, 6) is 3.16. The zero-order valence-electron chi connectivity index (χ0n) is 14.5. The van der Waals surface area contributed by atoms with E-state index in [0.29, 0.717) is 11.8 Å². The van der Waals surface area contributed by atoms with Gasteiger partial charge in [0.2, 0.25) is 0 Å². The number of hydrogen-bond donors (Lipinski definition) is 0. The van der Waals surface area contributed by atoms with E-state index < -0.39 is 5.79 Å². The highest BCUT2D eigenvalue weighted by atomic mass is 16.7. The third-order valence-electron chi connectivity index (χ3n) is 6.04. The molecule has 0 N–H and O–H groups in total. The molecule has 1 saturated heterocycles. The van der Waals surface area contributed by atoms with Crippen LogP contribution in [-0.4, -0.2) is 19.0 Å². The van der Waals surface area contributed by atoms with Crippen LogP contribution in [0.1, 0.15) is 36.8 Å². The average Bonchev–Trinajstić information content (AvgIpc) is 3.22. The van der Waals surface area contributed by atoms with E-state index in [1.807, 2.05) is 0 Å². The Hall–Kier alpha value is -1.64. The molecule has 128 valence electrons. The summed E-state index contributed by atoms with van der Waals surface area (Å²) in [7, 11) is 0. The summed E-state index contributed by atoms with van der Waals surface area (Å²) < 4.78 is 13.0. The molecular weight excluding hydrogens is 308 g/mol. The topological polar surface area (TPSA) is 18.5 Å². The molecule has 3 aliphatic rings. The molecule has 1 spiro atoms. The predicted molar refractivity (Wildman–Crippen MR) is 97.7 cm³/mol. The number of hydrogen-bond acceptors (Lipinski definition) is 2. The second kappa shape index (κ2) is 6.26. The van der Waals surface area contributed by atoms with Gasteiger partial charge in [-0.25, -0.2) is 0 Å². The molecule has 2 nitrogen and oxygen atoms in total. The molecule has 2 aromatic rings. The van der Waals surface area contributed by atoms with Crippen LogP contribution in [0.2, 0.25) is 0 Å². The van der Waals surface area contributed by atoms with Crippen molar-refractivity contribution < 1.29 is 9.47 Å². The number of ether oxygens (including phenoxy) is 2. The first-order valence-electron chi connectivity index (χ1n) is 9.53. The zero-order valence-corrected chi connectivity index (χ0v) is 14.5. The van der Waals surface area contributed by atoms with Crippen molar-refractivity contribution in [3.8, 4) is 0 Å². The van der Waals surface area contributed by atoms with Gasteiger partial charge >= 0.3 is 0 Å². The van der Waals surface area contributed by atoms with Crippen molar-refractivity contribution in [3.05, 3.63) is 83.6 Å². The molecule has 2 unspecified atom stereocenters. The van der Waals surface area contributed by atoms with Crippen molar-refractivity contribution in [2.24, 2.45) is 11.8 Å². The van der Waals surface area contributed by atoms with E-state index in [2.05, 4.69) is 60.7 Å². The van der Waals surface area contributed by atoms with Gasteiger partial charge < -0.3 is 9.47 Å². The molecule has 2 saturated carbocycles. The maximum Gasteiger partial charge on any atom is 0.190 e. The summed E-state index contributed by atoms with van der Waals surface area (Å²) in [4.78, 5) is 0. The van der Waals surface area contributed by atoms with Gasteiger partial charge in [0.05, 0.1) is 25.0 Å². The molecule has 1 aliphatic heterocycles. The van der Waals surface area contributed by atoms with Crippen LogP contribution in [0.15, 0.2) is 60.7 Å². The van der Waals surface area contributed by atoms with Gasteiger partial charge in [0.15, 0.2) is 5.79 Å². The van der Waals surface area contributed by atoms with Crippen molar-refractivity contribution >= 4 is 0 Å². The van der Waals surface area contributed by atoms with Crippen LogP contribution in [0.4, 0.5) is 0 Å². The lowest BCUT2D eigenvalue weighted by molar-refractivity contribution is -0.237. The minimum Gasteiger partial charge on any atom is -0.348 e. The molecule has 2 atom stereocenters. The van der Waals surface area contributed by atoms with Gasteiger partial charge in [-0.3, -0.25) is 0 Å². The summed E-state index contributed by atoms with van der Waals surface area (Å²) in [6.07, 6.45) is 4.73. The third kappa shape index (κ3) is 2.38. The summed E-state index contributed by atoms with van der Waals surface area (Å²) in [5, 5.41) is 0. The molecule has 1 heterocycles. The maximum absolute atomic E-state index is 6.50. The Balaban J connectivity index is 1.67. The van der Waals surface area contributed by atoms with E-state index in [1.165, 1.54) is 42.2 Å². The fourth-order valence-corrected chi connectivity index (χ4v) is 5.17. The predicted octanol–water partition coefficient (Wildman–Crippen LogP) is 4.80. The fourth-order valence-electron chi connectivity index (χ4n) is 5.17. The van der Waals surface area contributed by atoms with Crippen molar-refractivity contribution in [2.75, 3.05) is 13.2 Å². The van der Waals surface area contributed by atoms with E-state index in [0.717, 1.165) is 19.6 Å². The lowest BCUT2D eigenvalue weighted by atomic mass is 9.81. The number of rotatable bonds is 2. The summed E-state index contributed by atoms with van der Waals surface area (Å²) in [6.45, 7) is 1.54. The maximum atomic E-state index is 6.50. The molecule has 0 bridgehead atoms. The quantitative estimate of drug-likeness (QED) is 0.787. The molecule has 2 aliphatic carbocycles. The summed E-state index contributed by atoms with van der Waals surface area (Å²) in [6, 6.07) is 21.6. The Kier molecular flexibility index (Phi) is 3.91. The van der Waals surface area contributed by atoms with E-state index in [1.54, 1.807) is 0 Å². The van der Waals surface area contributed by atoms with Crippen LogP contribution in [0, 0.1) is 23.7 Å². The minimum absolute atomic E-state index is 0.538. The molecular formula is C23H24O2. The van der Waals surface area contributed by atoms with E-state index >= 15 is 0 Å². The fraction of sp³-hybridized carbons (Fsp3) is 0.391. The molecule has 0 amide bonds. The summed E-state index contributed by atoms with van der Waals surface area (Å²) in [5.41, 5.74) is 2.57. The normalized spacial score (nSPS) is 29.1. The Morgan fingerprint density at radius 2 is 1.12 bits per heavy atom. The third-order valence-corrected chi connectivity index (χ3v) is 6.04. The molecule has 2 aromatic carbocycles. The lowest BCUT2D eigenvalue weighted by Gasteiger charge is -2.43. The van der Waals surface area contributed by atoms with Gasteiger partial charge in [0.1, 0.15) is 0 Å². The van der Waals surface area contributed by atoms with E-state index in [4.69, 9.17) is 9.47 Å². The average molecular weight is 332 g/mol. The van der Waals surface area contributed by atoms with Crippen LogP contribution in [-0.2, 0) is 9.47 Å². The molecule has 2 heteroatoms. The Morgan fingerprint density at radius 3 is 1.60 bits per heavy atom. The van der Waals surface area contributed by atoms with Crippen molar-refractivity contribution in [1.82, 2.24) is 0 Å². The highest BCUT2D eigenvalue weighted by molar-refractivity contribution is 5.53. The highest BCUT2D eigenvalue weighted by Gasteiger charge is 2.65. The van der Waals surface area contributed by atoms with Crippen molar-refractivity contribution in [3.63, 3.8) is 0 Å². The SMILES string of the molecule is c1ccc([C]2C3CCCC3[C](c3ccccc3)C23OCCCO3)cc1. The van der Waals surface area contributed by atoms with Gasteiger partial charge in [-0.15, -0.1) is 0 Å². The van der Waals surface area contributed by atoms with Crippen molar-refractivity contribution in [1.29, 1.82) is 0 Å². The highest BCUT2D eigenvalue weighted by Crippen LogP contribution is 2.64. The molecule has 3 fully saturated rings. The smallest absolute Gasteiger partial charge is 0.190 e. The first-order valence-corrected chi connectivity index (χ1v) is 9.53. The second-order valence-electron chi connectivity index (χ2n) is 7.37. The van der Waals surface area contributed by atoms with Gasteiger partial charge in [0, 0.05) is 0 Å². The second-order valence-corrected chi connectivity index (χ2v) is 7.37. The number of benzene rings is 2.